The Kier molecular flexibility index (Phi) is 7.50. The molecule has 1 aliphatic rings. The van der Waals surface area contributed by atoms with Crippen molar-refractivity contribution in [2.75, 3.05) is 45.7 Å². The van der Waals surface area contributed by atoms with E-state index in [2.05, 4.69) is 32.4 Å². The van der Waals surface area contributed by atoms with Crippen molar-refractivity contribution in [1.82, 2.24) is 15.2 Å². The number of aliphatic imine (C=N–C) groups is 1. The number of nitrogens with one attached hydrogen (secondary N) is 2. The van der Waals surface area contributed by atoms with Crippen molar-refractivity contribution >= 4 is 17.7 Å². The van der Waals surface area contributed by atoms with Crippen LogP contribution >= 0.6 is 0 Å². The van der Waals surface area contributed by atoms with Gasteiger partial charge in [-0.25, -0.2) is 4.98 Å². The Morgan fingerprint density at radius 2 is 2.16 bits per heavy atom. The van der Waals surface area contributed by atoms with Crippen LogP contribution in [0.25, 0.3) is 0 Å². The summed E-state index contributed by atoms with van der Waals surface area (Å²) < 4.78 is 4.89. The van der Waals surface area contributed by atoms with Crippen molar-refractivity contribution in [1.29, 1.82) is 0 Å². The number of pyridine rings is 1. The second-order valence-electron chi connectivity index (χ2n) is 6.33. The SMILES string of the molecule is CN=C(NCCCCNc1ccccn1)N1CC(C)C(C(=O)OC)C1. The van der Waals surface area contributed by atoms with Gasteiger partial charge < -0.3 is 20.3 Å². The Bertz CT molecular complexity index is 564. The second-order valence-corrected chi connectivity index (χ2v) is 6.33. The molecule has 25 heavy (non-hydrogen) atoms. The Hall–Kier alpha value is -2.31. The molecule has 0 bridgehead atoms. The molecule has 0 aliphatic carbocycles. The third kappa shape index (κ3) is 5.62. The largest absolute Gasteiger partial charge is 0.469 e. The number of rotatable bonds is 7. The predicted octanol–water partition coefficient (Wildman–Crippen LogP) is 1.59. The minimum atomic E-state index is -0.133. The van der Waals surface area contributed by atoms with Crippen LogP contribution < -0.4 is 10.6 Å². The van der Waals surface area contributed by atoms with Gasteiger partial charge in [0.25, 0.3) is 0 Å². The van der Waals surface area contributed by atoms with Crippen molar-refractivity contribution < 1.29 is 9.53 Å². The number of carbonyl (C=O) groups is 1. The quantitative estimate of drug-likeness (QED) is 0.337. The molecular formula is C18H29N5O2. The van der Waals surface area contributed by atoms with Crippen LogP contribution in [-0.4, -0.2) is 62.1 Å². The van der Waals surface area contributed by atoms with Crippen LogP contribution in [0.4, 0.5) is 5.82 Å². The molecule has 7 heteroatoms. The van der Waals surface area contributed by atoms with E-state index >= 15 is 0 Å². The number of nitrogens with zero attached hydrogens (tertiary/aromatic N) is 3. The Morgan fingerprint density at radius 1 is 1.36 bits per heavy atom. The van der Waals surface area contributed by atoms with Gasteiger partial charge in [0.05, 0.1) is 13.0 Å². The van der Waals surface area contributed by atoms with E-state index in [0.717, 1.165) is 44.3 Å². The van der Waals surface area contributed by atoms with E-state index < -0.39 is 0 Å². The Labute approximate surface area is 149 Å². The molecule has 1 aromatic rings. The number of methoxy groups -OCH3 is 1. The minimum Gasteiger partial charge on any atom is -0.469 e. The first kappa shape index (κ1) is 19.0. The number of unbranched alkanes of at least 4 members (excludes halogenated alkanes) is 1. The highest BCUT2D eigenvalue weighted by Crippen LogP contribution is 2.24. The standard InChI is InChI=1S/C18H29N5O2/c1-14-12-23(13-15(14)17(24)25-3)18(19-2)22-11-7-6-10-21-16-8-4-5-9-20-16/h4-5,8-9,14-15H,6-7,10-13H2,1-3H3,(H,19,22)(H,20,21). The molecular weight excluding hydrogens is 318 g/mol. The van der Waals surface area contributed by atoms with Gasteiger partial charge in [0.2, 0.25) is 0 Å². The van der Waals surface area contributed by atoms with Crippen molar-refractivity contribution in [3.8, 4) is 0 Å². The smallest absolute Gasteiger partial charge is 0.310 e. The monoisotopic (exact) mass is 347 g/mol. The summed E-state index contributed by atoms with van der Waals surface area (Å²) in [6.07, 6.45) is 3.86. The number of hydrogen-bond acceptors (Lipinski definition) is 5. The number of guanidine groups is 1. The van der Waals surface area contributed by atoms with E-state index in [-0.39, 0.29) is 17.8 Å². The molecule has 0 aromatic carbocycles. The summed E-state index contributed by atoms with van der Waals surface area (Å²) in [7, 11) is 3.23. The summed E-state index contributed by atoms with van der Waals surface area (Å²) in [6.45, 7) is 5.31. The van der Waals surface area contributed by atoms with Crippen LogP contribution in [0.2, 0.25) is 0 Å². The number of anilines is 1. The normalized spacial score (nSPS) is 20.4. The number of hydrogen-bond donors (Lipinski definition) is 2. The van der Waals surface area contributed by atoms with Gasteiger partial charge in [0.15, 0.2) is 5.96 Å². The Morgan fingerprint density at radius 3 is 2.84 bits per heavy atom. The maximum Gasteiger partial charge on any atom is 0.310 e. The van der Waals surface area contributed by atoms with Crippen molar-refractivity contribution in [2.45, 2.75) is 19.8 Å². The van der Waals surface area contributed by atoms with Crippen LogP contribution in [0.1, 0.15) is 19.8 Å². The van der Waals surface area contributed by atoms with Crippen molar-refractivity contribution in [2.24, 2.45) is 16.8 Å². The summed E-state index contributed by atoms with van der Waals surface area (Å²) in [4.78, 5) is 22.5. The summed E-state index contributed by atoms with van der Waals surface area (Å²) in [5.74, 6) is 1.83. The van der Waals surface area contributed by atoms with Gasteiger partial charge in [-0.15, -0.1) is 0 Å². The highest BCUT2D eigenvalue weighted by molar-refractivity contribution is 5.82. The fraction of sp³-hybridized carbons (Fsp3) is 0.611. The molecule has 1 saturated heterocycles. The molecule has 138 valence electrons. The van der Waals surface area contributed by atoms with Gasteiger partial charge in [-0.05, 0) is 30.9 Å². The van der Waals surface area contributed by atoms with E-state index in [0.29, 0.717) is 6.54 Å². The zero-order chi connectivity index (χ0) is 18.1. The average Bonchev–Trinajstić information content (AvgIpc) is 3.03. The molecule has 1 aliphatic heterocycles. The van der Waals surface area contributed by atoms with Gasteiger partial charge in [0.1, 0.15) is 5.82 Å². The summed E-state index contributed by atoms with van der Waals surface area (Å²) >= 11 is 0. The number of likely N-dealkylation sites (tertiary alicyclic amines) is 1. The number of aromatic nitrogens is 1. The van der Waals surface area contributed by atoms with Crippen LogP contribution in [0.15, 0.2) is 29.4 Å². The lowest BCUT2D eigenvalue weighted by atomic mass is 9.99. The fourth-order valence-electron chi connectivity index (χ4n) is 3.06. The third-order valence-electron chi connectivity index (χ3n) is 4.49. The number of esters is 1. The maximum absolute atomic E-state index is 11.8. The summed E-state index contributed by atoms with van der Waals surface area (Å²) in [5, 5.41) is 6.69. The summed E-state index contributed by atoms with van der Waals surface area (Å²) in [5.41, 5.74) is 0. The van der Waals surface area contributed by atoms with E-state index in [9.17, 15) is 4.79 Å². The topological polar surface area (TPSA) is 78.9 Å². The van der Waals surface area contributed by atoms with Crippen LogP contribution in [0.5, 0.6) is 0 Å². The molecule has 2 heterocycles. The highest BCUT2D eigenvalue weighted by Gasteiger charge is 2.36. The lowest BCUT2D eigenvalue weighted by Gasteiger charge is -2.21. The van der Waals surface area contributed by atoms with E-state index in [1.807, 2.05) is 18.2 Å². The molecule has 2 unspecified atom stereocenters. The second kappa shape index (κ2) is 9.86. The molecule has 2 atom stereocenters. The molecule has 1 fully saturated rings. The highest BCUT2D eigenvalue weighted by atomic mass is 16.5. The number of carbonyl (C=O) groups excluding carboxylic acids is 1. The lowest BCUT2D eigenvalue weighted by molar-refractivity contribution is -0.145. The zero-order valence-corrected chi connectivity index (χ0v) is 15.4. The minimum absolute atomic E-state index is 0.0777. The van der Waals surface area contributed by atoms with Crippen molar-refractivity contribution in [3.63, 3.8) is 0 Å². The van der Waals surface area contributed by atoms with E-state index in [1.165, 1.54) is 7.11 Å². The predicted molar refractivity (Wildman–Crippen MR) is 99.6 cm³/mol. The fourth-order valence-corrected chi connectivity index (χ4v) is 3.06. The van der Waals surface area contributed by atoms with E-state index in [4.69, 9.17) is 4.74 Å². The molecule has 0 amide bonds. The molecule has 2 N–H and O–H groups in total. The first-order valence-corrected chi connectivity index (χ1v) is 8.84. The lowest BCUT2D eigenvalue weighted by Crippen LogP contribution is -2.41. The van der Waals surface area contributed by atoms with E-state index in [1.54, 1.807) is 13.2 Å². The molecule has 0 spiro atoms. The average molecular weight is 347 g/mol. The van der Waals surface area contributed by atoms with Gasteiger partial charge in [-0.3, -0.25) is 9.79 Å². The van der Waals surface area contributed by atoms with Crippen LogP contribution in [0.3, 0.4) is 0 Å². The molecule has 7 nitrogen and oxygen atoms in total. The number of ether oxygens (including phenoxy) is 1. The van der Waals surface area contributed by atoms with Gasteiger partial charge in [0, 0.05) is 39.4 Å². The van der Waals surface area contributed by atoms with Gasteiger partial charge in [-0.1, -0.05) is 13.0 Å². The summed E-state index contributed by atoms with van der Waals surface area (Å²) in [6, 6.07) is 5.84. The first-order chi connectivity index (χ1) is 12.2. The Balaban J connectivity index is 1.66. The molecule has 0 saturated carbocycles. The zero-order valence-electron chi connectivity index (χ0n) is 15.4. The van der Waals surface area contributed by atoms with Crippen molar-refractivity contribution in [3.05, 3.63) is 24.4 Å². The first-order valence-electron chi connectivity index (χ1n) is 8.84. The van der Waals surface area contributed by atoms with Gasteiger partial charge in [-0.2, -0.15) is 0 Å². The maximum atomic E-state index is 11.8. The molecule has 1 aromatic heterocycles. The third-order valence-corrected chi connectivity index (χ3v) is 4.49. The van der Waals surface area contributed by atoms with Crippen LogP contribution in [-0.2, 0) is 9.53 Å². The molecule has 2 rings (SSSR count). The van der Waals surface area contributed by atoms with Gasteiger partial charge >= 0.3 is 5.97 Å². The van der Waals surface area contributed by atoms with Crippen LogP contribution in [0, 0.1) is 11.8 Å². The molecule has 0 radical (unpaired) electrons.